The summed E-state index contributed by atoms with van der Waals surface area (Å²) in [7, 11) is -0.337. The van der Waals surface area contributed by atoms with E-state index >= 15 is 0 Å². The Morgan fingerprint density at radius 2 is 1.50 bits per heavy atom. The summed E-state index contributed by atoms with van der Waals surface area (Å²) in [5.41, 5.74) is 5.40. The molecule has 1 heterocycles. The highest BCUT2D eigenvalue weighted by Gasteiger charge is 2.52. The first-order valence-corrected chi connectivity index (χ1v) is 8.68. The molecule has 22 heavy (non-hydrogen) atoms. The van der Waals surface area contributed by atoms with Crippen molar-refractivity contribution in [3.05, 3.63) is 25.8 Å². The lowest BCUT2D eigenvalue weighted by atomic mass is 9.71. The predicted octanol–water partition coefficient (Wildman–Crippen LogP) is 3.69. The Kier molecular flexibility index (Phi) is 4.74. The van der Waals surface area contributed by atoms with Gasteiger partial charge in [-0.1, -0.05) is 0 Å². The Morgan fingerprint density at radius 1 is 1.00 bits per heavy atom. The highest BCUT2D eigenvalue weighted by molar-refractivity contribution is 14.1. The van der Waals surface area contributed by atoms with E-state index in [9.17, 15) is 0 Å². The fourth-order valence-corrected chi connectivity index (χ4v) is 3.55. The molecule has 0 atom stereocenters. The molecule has 4 heteroatoms. The van der Waals surface area contributed by atoms with Crippen molar-refractivity contribution >= 4 is 35.2 Å². The molecule has 1 aliphatic heterocycles. The molecule has 1 fully saturated rings. The summed E-state index contributed by atoms with van der Waals surface area (Å²) in [4.78, 5) is 0. The van der Waals surface area contributed by atoms with Gasteiger partial charge in [0.15, 0.2) is 0 Å². The number of rotatable bonds is 2. The summed E-state index contributed by atoms with van der Waals surface area (Å²) in [6, 6.07) is 0. The molecule has 2 rings (SSSR count). The minimum Gasteiger partial charge on any atom is -0.399 e. The maximum absolute atomic E-state index is 6.26. The Labute approximate surface area is 148 Å². The molecule has 0 aliphatic carbocycles. The summed E-state index contributed by atoms with van der Waals surface area (Å²) >= 11 is 2.40. The Balaban J connectivity index is 2.61. The predicted molar refractivity (Wildman–Crippen MR) is 102 cm³/mol. The van der Waals surface area contributed by atoms with Crippen molar-refractivity contribution < 1.29 is 9.31 Å². The van der Waals surface area contributed by atoms with Gasteiger partial charge in [0.05, 0.1) is 11.2 Å². The summed E-state index contributed by atoms with van der Waals surface area (Å²) in [6.07, 6.45) is 6.20. The van der Waals surface area contributed by atoms with Crippen LogP contribution in [0.25, 0.3) is 0 Å². The van der Waals surface area contributed by atoms with Gasteiger partial charge in [0.25, 0.3) is 0 Å². The van der Waals surface area contributed by atoms with Crippen molar-refractivity contribution in [3.63, 3.8) is 0 Å². The van der Waals surface area contributed by atoms with Crippen LogP contribution in [-0.2, 0) is 15.7 Å². The van der Waals surface area contributed by atoms with Crippen molar-refractivity contribution in [2.24, 2.45) is 0 Å². The van der Waals surface area contributed by atoms with E-state index in [0.717, 1.165) is 5.46 Å². The van der Waals surface area contributed by atoms with Gasteiger partial charge in [-0.25, -0.2) is 0 Å². The van der Waals surface area contributed by atoms with Crippen LogP contribution < -0.4 is 5.46 Å². The SMILES string of the molecule is C#CCc1c(C)c(I)c(C)c(B2OC(C)(C)C(C)(C)O2)c1C. The van der Waals surface area contributed by atoms with E-state index in [2.05, 4.69) is 77.0 Å². The van der Waals surface area contributed by atoms with E-state index in [1.165, 1.54) is 25.8 Å². The average molecular weight is 410 g/mol. The van der Waals surface area contributed by atoms with Crippen molar-refractivity contribution in [3.8, 4) is 12.3 Å². The highest BCUT2D eigenvalue weighted by Crippen LogP contribution is 2.37. The van der Waals surface area contributed by atoms with Gasteiger partial charge in [-0.05, 0) is 98.8 Å². The molecule has 0 saturated carbocycles. The van der Waals surface area contributed by atoms with E-state index < -0.39 is 0 Å². The lowest BCUT2D eigenvalue weighted by molar-refractivity contribution is 0.00578. The van der Waals surface area contributed by atoms with Crippen molar-refractivity contribution in [1.29, 1.82) is 0 Å². The molecule has 1 aromatic carbocycles. The zero-order valence-electron chi connectivity index (χ0n) is 14.6. The van der Waals surface area contributed by atoms with E-state index in [1.54, 1.807) is 0 Å². The average Bonchev–Trinajstić information content (AvgIpc) is 2.61. The third-order valence-corrected chi connectivity index (χ3v) is 6.76. The monoisotopic (exact) mass is 410 g/mol. The third-order valence-electron chi connectivity index (χ3n) is 5.14. The number of halogens is 1. The number of hydrogen-bond donors (Lipinski definition) is 0. The fraction of sp³-hybridized carbons (Fsp3) is 0.556. The largest absolute Gasteiger partial charge is 0.495 e. The summed E-state index contributed by atoms with van der Waals surface area (Å²) < 4.78 is 13.8. The Hall–Kier alpha value is -0.505. The molecule has 1 aromatic rings. The number of terminal acetylenes is 1. The molecule has 1 saturated heterocycles. The quantitative estimate of drug-likeness (QED) is 0.421. The maximum Gasteiger partial charge on any atom is 0.495 e. The summed E-state index contributed by atoms with van der Waals surface area (Å²) in [6.45, 7) is 14.7. The van der Waals surface area contributed by atoms with E-state index in [-0.39, 0.29) is 18.3 Å². The van der Waals surface area contributed by atoms with Crippen LogP contribution >= 0.6 is 22.6 Å². The maximum atomic E-state index is 6.26. The first-order chi connectivity index (χ1) is 10.0. The zero-order chi connectivity index (χ0) is 16.9. The molecule has 0 amide bonds. The third kappa shape index (κ3) is 2.72. The second-order valence-electron chi connectivity index (χ2n) is 7.05. The first-order valence-electron chi connectivity index (χ1n) is 7.60. The fourth-order valence-electron chi connectivity index (χ4n) is 2.94. The van der Waals surface area contributed by atoms with Crippen molar-refractivity contribution in [2.75, 3.05) is 0 Å². The lowest BCUT2D eigenvalue weighted by Gasteiger charge is -2.32. The van der Waals surface area contributed by atoms with Gasteiger partial charge in [0.1, 0.15) is 0 Å². The minimum atomic E-state index is -0.337. The standard InChI is InChI=1S/C18H24BIO2/c1-9-10-14-11(2)15(13(4)16(20)12(14)3)19-21-17(5,6)18(7,8)22-19/h1H,10H2,2-8H3. The second-order valence-corrected chi connectivity index (χ2v) is 8.13. The topological polar surface area (TPSA) is 18.5 Å². The molecule has 2 nitrogen and oxygen atoms in total. The normalized spacial score (nSPS) is 19.3. The van der Waals surface area contributed by atoms with Crippen LogP contribution in [0.3, 0.4) is 0 Å². The van der Waals surface area contributed by atoms with Crippen LogP contribution in [0.15, 0.2) is 0 Å². The van der Waals surface area contributed by atoms with E-state index in [4.69, 9.17) is 15.7 Å². The molecule has 0 aromatic heterocycles. The second kappa shape index (κ2) is 5.85. The van der Waals surface area contributed by atoms with Crippen LogP contribution in [0.4, 0.5) is 0 Å². The first kappa shape index (κ1) is 17.8. The summed E-state index contributed by atoms with van der Waals surface area (Å²) in [5, 5.41) is 0. The van der Waals surface area contributed by atoms with Crippen molar-refractivity contribution in [1.82, 2.24) is 0 Å². The van der Waals surface area contributed by atoms with Gasteiger partial charge in [-0.15, -0.1) is 12.3 Å². The van der Waals surface area contributed by atoms with Gasteiger partial charge < -0.3 is 9.31 Å². The van der Waals surface area contributed by atoms with Gasteiger partial charge in [-0.3, -0.25) is 0 Å². The van der Waals surface area contributed by atoms with E-state index in [1.807, 2.05) is 0 Å². The molecule has 0 spiro atoms. The lowest BCUT2D eigenvalue weighted by Crippen LogP contribution is -2.41. The van der Waals surface area contributed by atoms with Crippen LogP contribution in [0.2, 0.25) is 0 Å². The van der Waals surface area contributed by atoms with Crippen LogP contribution in [0.5, 0.6) is 0 Å². The van der Waals surface area contributed by atoms with Crippen LogP contribution in [0, 0.1) is 36.7 Å². The van der Waals surface area contributed by atoms with Gasteiger partial charge in [-0.2, -0.15) is 0 Å². The molecule has 0 bridgehead atoms. The highest BCUT2D eigenvalue weighted by atomic mass is 127. The molecule has 0 unspecified atom stereocenters. The van der Waals surface area contributed by atoms with E-state index in [0.29, 0.717) is 6.42 Å². The zero-order valence-corrected chi connectivity index (χ0v) is 16.7. The minimum absolute atomic E-state index is 0.334. The molecular weight excluding hydrogens is 386 g/mol. The molecule has 0 radical (unpaired) electrons. The number of hydrogen-bond acceptors (Lipinski definition) is 2. The number of benzene rings is 1. The Morgan fingerprint density at radius 3 is 1.95 bits per heavy atom. The van der Waals surface area contributed by atoms with Gasteiger partial charge in [0, 0.05) is 9.99 Å². The van der Waals surface area contributed by atoms with Gasteiger partial charge in [0.2, 0.25) is 0 Å². The van der Waals surface area contributed by atoms with Crippen LogP contribution in [-0.4, -0.2) is 18.3 Å². The summed E-state index contributed by atoms with van der Waals surface area (Å²) in [5.74, 6) is 2.78. The smallest absolute Gasteiger partial charge is 0.399 e. The molecule has 1 aliphatic rings. The molecule has 118 valence electrons. The molecule has 0 N–H and O–H groups in total. The van der Waals surface area contributed by atoms with Gasteiger partial charge >= 0.3 is 7.12 Å². The Bertz CT molecular complexity index is 640. The van der Waals surface area contributed by atoms with Crippen LogP contribution in [0.1, 0.15) is 49.9 Å². The van der Waals surface area contributed by atoms with Crippen molar-refractivity contribution in [2.45, 2.75) is 66.1 Å². The molecular formula is C18H24BIO2.